The van der Waals surface area contributed by atoms with Crippen molar-refractivity contribution in [2.75, 3.05) is 18.0 Å². The molecule has 0 saturated carbocycles. The molecular formula is C30H23F2N3O6S. The molecule has 9 nitrogen and oxygen atoms in total. The van der Waals surface area contributed by atoms with Gasteiger partial charge in [0.15, 0.2) is 5.82 Å². The van der Waals surface area contributed by atoms with Gasteiger partial charge < -0.3 is 9.47 Å². The van der Waals surface area contributed by atoms with Crippen LogP contribution in [0.1, 0.15) is 17.3 Å². The van der Waals surface area contributed by atoms with Crippen molar-refractivity contribution < 1.29 is 36.0 Å². The Balaban J connectivity index is 1.63. The second kappa shape index (κ2) is 11.5. The minimum Gasteiger partial charge on any atom is -0.479 e. The number of halogens is 2. The second-order valence-corrected chi connectivity index (χ2v) is 10.2. The summed E-state index contributed by atoms with van der Waals surface area (Å²) in [5.41, 5.74) is 2.76. The number of fused-ring (bicyclic) bond motifs is 1. The Hall–Kier alpha value is -4.94. The summed E-state index contributed by atoms with van der Waals surface area (Å²) in [6, 6.07) is 17.7. The molecule has 5 aromatic rings. The molecule has 3 aromatic carbocycles. The highest BCUT2D eigenvalue weighted by Crippen LogP contribution is 2.39. The minimum absolute atomic E-state index is 0.232. The number of nitrogens with zero attached hydrogens (tertiary/aromatic N) is 3. The lowest BCUT2D eigenvalue weighted by Crippen LogP contribution is -2.27. The van der Waals surface area contributed by atoms with E-state index in [1.165, 1.54) is 19.4 Å². The van der Waals surface area contributed by atoms with Crippen molar-refractivity contribution >= 4 is 38.6 Å². The van der Waals surface area contributed by atoms with Crippen molar-refractivity contribution in [2.45, 2.75) is 6.92 Å². The van der Waals surface area contributed by atoms with Gasteiger partial charge in [-0.3, -0.25) is 9.54 Å². The first kappa shape index (κ1) is 28.6. The molecule has 1 N–H and O–H groups in total. The number of hydrogen-bond acceptors (Lipinski definition) is 7. The Labute approximate surface area is 239 Å². The number of rotatable bonds is 8. The smallest absolute Gasteiger partial charge is 0.364 e. The van der Waals surface area contributed by atoms with Crippen LogP contribution in [0.15, 0.2) is 85.2 Å². The number of esters is 1. The number of carbonyl (C=O) groups excluding carboxylic acids is 1. The fraction of sp³-hybridized carbons (Fsp3) is 0.100. The maximum atomic E-state index is 14.7. The standard InChI is InChI=1S/C30H23F2N3O6S/c1-3-41-30(36)19-6-4-18(5-7-19)23-12-13-33-26-10-8-20(14-24(23)26)21-15-28(29(40-2)34-17-21)35(42(37,38)39)27-11-9-22(31)16-25(27)32/h4-17H,3H2,1-2H3,(H,37,38,39). The Morgan fingerprint density at radius 3 is 2.31 bits per heavy atom. The van der Waals surface area contributed by atoms with Gasteiger partial charge in [-0.15, -0.1) is 0 Å². The minimum atomic E-state index is -5.12. The molecule has 42 heavy (non-hydrogen) atoms. The Morgan fingerprint density at radius 2 is 1.64 bits per heavy atom. The first-order valence-corrected chi connectivity index (χ1v) is 13.9. The summed E-state index contributed by atoms with van der Waals surface area (Å²) in [7, 11) is -3.89. The van der Waals surface area contributed by atoms with Crippen molar-refractivity contribution in [1.82, 2.24) is 9.97 Å². The largest absolute Gasteiger partial charge is 0.479 e. The normalized spacial score (nSPS) is 11.4. The fourth-order valence-corrected chi connectivity index (χ4v) is 5.28. The third kappa shape index (κ3) is 5.62. The number of carbonyl (C=O) groups is 1. The van der Waals surface area contributed by atoms with Gasteiger partial charge in [0, 0.05) is 29.4 Å². The lowest BCUT2D eigenvalue weighted by atomic mass is 9.97. The average molecular weight is 592 g/mol. The maximum absolute atomic E-state index is 14.7. The topological polar surface area (TPSA) is 119 Å². The van der Waals surface area contributed by atoms with Gasteiger partial charge >= 0.3 is 16.3 Å². The van der Waals surface area contributed by atoms with Crippen LogP contribution < -0.4 is 9.04 Å². The van der Waals surface area contributed by atoms with Crippen LogP contribution in [0.25, 0.3) is 33.2 Å². The maximum Gasteiger partial charge on any atom is 0.364 e. The second-order valence-electron chi connectivity index (χ2n) is 8.98. The van der Waals surface area contributed by atoms with Gasteiger partial charge in [0.05, 0.1) is 30.5 Å². The number of ether oxygens (including phenoxy) is 2. The summed E-state index contributed by atoms with van der Waals surface area (Å²) in [4.78, 5) is 20.7. The predicted molar refractivity (Wildman–Crippen MR) is 153 cm³/mol. The van der Waals surface area contributed by atoms with Gasteiger partial charge in [-0.1, -0.05) is 18.2 Å². The highest BCUT2D eigenvalue weighted by atomic mass is 32.2. The molecule has 12 heteroatoms. The van der Waals surface area contributed by atoms with Crippen molar-refractivity contribution in [3.8, 4) is 28.1 Å². The number of benzene rings is 3. The third-order valence-electron chi connectivity index (χ3n) is 6.39. The number of hydrogen-bond donors (Lipinski definition) is 1. The first-order valence-electron chi connectivity index (χ1n) is 12.5. The summed E-state index contributed by atoms with van der Waals surface area (Å²) in [6.07, 6.45) is 3.09. The van der Waals surface area contributed by atoms with Gasteiger partial charge in [-0.25, -0.2) is 22.9 Å². The van der Waals surface area contributed by atoms with Gasteiger partial charge in [0.1, 0.15) is 11.5 Å². The lowest BCUT2D eigenvalue weighted by molar-refractivity contribution is 0.0526. The molecule has 0 bridgehead atoms. The van der Waals surface area contributed by atoms with E-state index < -0.39 is 33.6 Å². The zero-order valence-electron chi connectivity index (χ0n) is 22.3. The van der Waals surface area contributed by atoms with Crippen LogP contribution in [0.3, 0.4) is 0 Å². The van der Waals surface area contributed by atoms with E-state index in [1.807, 2.05) is 12.1 Å². The van der Waals surface area contributed by atoms with Crippen molar-refractivity contribution in [3.05, 3.63) is 102 Å². The molecule has 5 rings (SSSR count). The van der Waals surface area contributed by atoms with Crippen molar-refractivity contribution in [2.24, 2.45) is 0 Å². The zero-order valence-corrected chi connectivity index (χ0v) is 23.1. The third-order valence-corrected chi connectivity index (χ3v) is 7.24. The van der Waals surface area contributed by atoms with Gasteiger partial charge in [0.25, 0.3) is 0 Å². The molecule has 0 aliphatic carbocycles. The lowest BCUT2D eigenvalue weighted by Gasteiger charge is -2.23. The molecule has 0 aliphatic rings. The highest BCUT2D eigenvalue weighted by molar-refractivity contribution is 7.87. The molecular weight excluding hydrogens is 568 g/mol. The van der Waals surface area contributed by atoms with E-state index in [9.17, 15) is 26.5 Å². The molecule has 0 radical (unpaired) electrons. The fourth-order valence-electron chi connectivity index (χ4n) is 4.50. The van der Waals surface area contributed by atoms with E-state index in [4.69, 9.17) is 9.47 Å². The van der Waals surface area contributed by atoms with Crippen LogP contribution in [-0.4, -0.2) is 42.6 Å². The summed E-state index contributed by atoms with van der Waals surface area (Å²) < 4.78 is 73.8. The van der Waals surface area contributed by atoms with E-state index in [1.54, 1.807) is 49.5 Å². The summed E-state index contributed by atoms with van der Waals surface area (Å²) in [6.45, 7) is 2.00. The van der Waals surface area contributed by atoms with Crippen LogP contribution in [0.5, 0.6) is 5.88 Å². The molecule has 0 amide bonds. The Kier molecular flexibility index (Phi) is 7.83. The number of anilines is 2. The molecule has 0 spiro atoms. The summed E-state index contributed by atoms with van der Waals surface area (Å²) in [5, 5.41) is 0.743. The van der Waals surface area contributed by atoms with Crippen molar-refractivity contribution in [3.63, 3.8) is 0 Å². The Bertz CT molecular complexity index is 1920. The van der Waals surface area contributed by atoms with Crippen LogP contribution in [0.2, 0.25) is 0 Å². The van der Waals surface area contributed by atoms with Crippen LogP contribution in [0, 0.1) is 11.6 Å². The zero-order chi connectivity index (χ0) is 30.0. The summed E-state index contributed by atoms with van der Waals surface area (Å²) >= 11 is 0. The molecule has 0 unspecified atom stereocenters. The highest BCUT2D eigenvalue weighted by Gasteiger charge is 2.29. The predicted octanol–water partition coefficient (Wildman–Crippen LogP) is 6.37. The van der Waals surface area contributed by atoms with E-state index in [-0.39, 0.29) is 22.5 Å². The SMILES string of the molecule is CCOC(=O)c1ccc(-c2ccnc3ccc(-c4cnc(OC)c(N(c5ccc(F)cc5F)S(=O)(=O)O)c4)cc23)cc1. The van der Waals surface area contributed by atoms with E-state index in [0.29, 0.717) is 28.3 Å². The molecule has 0 atom stereocenters. The van der Waals surface area contributed by atoms with Crippen LogP contribution >= 0.6 is 0 Å². The molecule has 2 heterocycles. The van der Waals surface area contributed by atoms with E-state index >= 15 is 0 Å². The van der Waals surface area contributed by atoms with Gasteiger partial charge in [-0.05, 0) is 72.1 Å². The molecule has 0 saturated heterocycles. The molecule has 214 valence electrons. The summed E-state index contributed by atoms with van der Waals surface area (Å²) in [5.74, 6) is -2.81. The molecule has 2 aromatic heterocycles. The number of pyridine rings is 2. The van der Waals surface area contributed by atoms with Gasteiger partial charge in [-0.2, -0.15) is 8.42 Å². The number of aromatic nitrogens is 2. The number of methoxy groups -OCH3 is 1. The molecule has 0 fully saturated rings. The monoisotopic (exact) mass is 591 g/mol. The van der Waals surface area contributed by atoms with Crippen LogP contribution in [0.4, 0.5) is 20.2 Å². The van der Waals surface area contributed by atoms with Crippen LogP contribution in [-0.2, 0) is 15.0 Å². The average Bonchev–Trinajstić information content (AvgIpc) is 2.97. The quantitative estimate of drug-likeness (QED) is 0.163. The van der Waals surface area contributed by atoms with E-state index in [0.717, 1.165) is 28.6 Å². The Morgan fingerprint density at radius 1 is 0.905 bits per heavy atom. The van der Waals surface area contributed by atoms with Gasteiger partial charge in [0.2, 0.25) is 5.88 Å². The molecule has 0 aliphatic heterocycles. The van der Waals surface area contributed by atoms with Crippen molar-refractivity contribution in [1.29, 1.82) is 0 Å². The van der Waals surface area contributed by atoms with E-state index in [2.05, 4.69) is 9.97 Å². The first-order chi connectivity index (χ1) is 20.1.